The summed E-state index contributed by atoms with van der Waals surface area (Å²) in [5.74, 6) is 1.43. The quantitative estimate of drug-likeness (QED) is 0.745. The molecule has 0 radical (unpaired) electrons. The van der Waals surface area contributed by atoms with Gasteiger partial charge in [-0.2, -0.15) is 0 Å². The first kappa shape index (κ1) is 16.8. The molecule has 1 amide bonds. The fourth-order valence-corrected chi connectivity index (χ4v) is 2.25. The van der Waals surface area contributed by atoms with Crippen molar-refractivity contribution in [2.75, 3.05) is 19.0 Å². The number of hydrogen-bond acceptors (Lipinski definition) is 2. The molecular weight excluding hydrogens is 274 g/mol. The van der Waals surface area contributed by atoms with E-state index in [1.807, 2.05) is 31.2 Å². The lowest BCUT2D eigenvalue weighted by atomic mass is 9.90. The number of hydrogen-bond donors (Lipinski definition) is 1. The Morgan fingerprint density at radius 2 is 2.15 bits per heavy atom. The number of ether oxygens (including phenoxy) is 1. The summed E-state index contributed by atoms with van der Waals surface area (Å²) in [5.41, 5.74) is 1.18. The highest BCUT2D eigenvalue weighted by atomic mass is 35.5. The zero-order valence-corrected chi connectivity index (χ0v) is 13.3. The minimum atomic E-state index is 0.0142. The number of halogens is 1. The second-order valence-corrected chi connectivity index (χ2v) is 6.17. The second kappa shape index (κ2) is 8.15. The maximum absolute atomic E-state index is 11.7. The van der Waals surface area contributed by atoms with Crippen LogP contribution in [0.25, 0.3) is 0 Å². The number of alkyl halides is 1. The summed E-state index contributed by atoms with van der Waals surface area (Å²) in [6.07, 6.45) is 1.25. The molecule has 0 spiro atoms. The molecule has 0 atom stereocenters. The molecule has 4 heteroatoms. The van der Waals surface area contributed by atoms with E-state index in [9.17, 15) is 4.79 Å². The Bertz CT molecular complexity index is 432. The van der Waals surface area contributed by atoms with Gasteiger partial charge >= 0.3 is 0 Å². The molecule has 0 heterocycles. The molecule has 0 saturated heterocycles. The smallest absolute Gasteiger partial charge is 0.223 e. The van der Waals surface area contributed by atoms with Gasteiger partial charge in [0.25, 0.3) is 0 Å². The first-order valence-corrected chi connectivity index (χ1v) is 7.48. The van der Waals surface area contributed by atoms with Crippen molar-refractivity contribution in [2.24, 2.45) is 5.41 Å². The van der Waals surface area contributed by atoms with E-state index in [0.29, 0.717) is 25.5 Å². The van der Waals surface area contributed by atoms with Crippen LogP contribution in [0, 0.1) is 12.3 Å². The van der Waals surface area contributed by atoms with E-state index in [-0.39, 0.29) is 11.3 Å². The van der Waals surface area contributed by atoms with Gasteiger partial charge in [0.2, 0.25) is 5.91 Å². The molecule has 0 fully saturated rings. The highest BCUT2D eigenvalue weighted by Gasteiger charge is 2.17. The molecule has 3 nitrogen and oxygen atoms in total. The molecule has 1 N–H and O–H groups in total. The van der Waals surface area contributed by atoms with Crippen LogP contribution >= 0.6 is 11.6 Å². The van der Waals surface area contributed by atoms with Crippen LogP contribution in [0.15, 0.2) is 24.3 Å². The Morgan fingerprint density at radius 3 is 2.80 bits per heavy atom. The standard InChI is InChI=1S/C16H24ClNO2/c1-13-5-4-6-14(11-13)20-10-7-15(19)18-12-16(2,3)8-9-17/h4-6,11H,7-10,12H2,1-3H3,(H,18,19). The lowest BCUT2D eigenvalue weighted by Crippen LogP contribution is -2.34. The van der Waals surface area contributed by atoms with Gasteiger partial charge in [0.15, 0.2) is 0 Å². The van der Waals surface area contributed by atoms with Gasteiger partial charge in [0.05, 0.1) is 13.0 Å². The first-order chi connectivity index (χ1) is 9.43. The Kier molecular flexibility index (Phi) is 6.86. The summed E-state index contributed by atoms with van der Waals surface area (Å²) in [5, 5.41) is 2.93. The summed E-state index contributed by atoms with van der Waals surface area (Å²) < 4.78 is 5.55. The lowest BCUT2D eigenvalue weighted by molar-refractivity contribution is -0.122. The molecule has 0 aliphatic carbocycles. The van der Waals surface area contributed by atoms with E-state index in [0.717, 1.165) is 17.7 Å². The van der Waals surface area contributed by atoms with Crippen LogP contribution in [-0.2, 0) is 4.79 Å². The SMILES string of the molecule is Cc1cccc(OCCC(=O)NCC(C)(C)CCCl)c1. The first-order valence-electron chi connectivity index (χ1n) is 6.95. The largest absolute Gasteiger partial charge is 0.493 e. The van der Waals surface area contributed by atoms with Gasteiger partial charge < -0.3 is 10.1 Å². The number of carbonyl (C=O) groups is 1. The van der Waals surface area contributed by atoms with Crippen LogP contribution in [-0.4, -0.2) is 24.9 Å². The number of rotatable bonds is 8. The van der Waals surface area contributed by atoms with E-state index < -0.39 is 0 Å². The van der Waals surface area contributed by atoms with Crippen molar-refractivity contribution >= 4 is 17.5 Å². The summed E-state index contributed by atoms with van der Waals surface area (Å²) in [4.78, 5) is 11.7. The molecule has 1 aromatic rings. The molecule has 0 saturated carbocycles. The lowest BCUT2D eigenvalue weighted by Gasteiger charge is -2.23. The van der Waals surface area contributed by atoms with Crippen LogP contribution in [0.1, 0.15) is 32.3 Å². The number of carbonyl (C=O) groups excluding carboxylic acids is 1. The maximum Gasteiger partial charge on any atom is 0.223 e. The summed E-state index contributed by atoms with van der Waals surface area (Å²) in [6.45, 7) is 7.24. The molecule has 112 valence electrons. The fourth-order valence-electron chi connectivity index (χ4n) is 1.74. The van der Waals surface area contributed by atoms with Crippen molar-refractivity contribution in [3.8, 4) is 5.75 Å². The summed E-state index contributed by atoms with van der Waals surface area (Å²) >= 11 is 5.73. The summed E-state index contributed by atoms with van der Waals surface area (Å²) in [7, 11) is 0. The van der Waals surface area contributed by atoms with E-state index in [1.54, 1.807) is 0 Å². The predicted octanol–water partition coefficient (Wildman–Crippen LogP) is 3.54. The molecule has 1 aromatic carbocycles. The zero-order chi connectivity index (χ0) is 15.0. The highest BCUT2D eigenvalue weighted by molar-refractivity contribution is 6.17. The van der Waals surface area contributed by atoms with Crippen LogP contribution in [0.3, 0.4) is 0 Å². The molecule has 20 heavy (non-hydrogen) atoms. The Hall–Kier alpha value is -1.22. The van der Waals surface area contributed by atoms with E-state index in [4.69, 9.17) is 16.3 Å². The van der Waals surface area contributed by atoms with Gasteiger partial charge in [-0.3, -0.25) is 4.79 Å². The molecular formula is C16H24ClNO2. The van der Waals surface area contributed by atoms with Gasteiger partial charge in [0.1, 0.15) is 5.75 Å². The maximum atomic E-state index is 11.7. The molecule has 0 aliphatic rings. The molecule has 0 unspecified atom stereocenters. The zero-order valence-electron chi connectivity index (χ0n) is 12.5. The number of aryl methyl sites for hydroxylation is 1. The fraction of sp³-hybridized carbons (Fsp3) is 0.562. The molecule has 1 rings (SSSR count). The van der Waals surface area contributed by atoms with Crippen LogP contribution in [0.5, 0.6) is 5.75 Å². The minimum Gasteiger partial charge on any atom is -0.493 e. The topological polar surface area (TPSA) is 38.3 Å². The Balaban J connectivity index is 2.23. The predicted molar refractivity (Wildman–Crippen MR) is 83.4 cm³/mol. The van der Waals surface area contributed by atoms with Crippen molar-refractivity contribution in [3.63, 3.8) is 0 Å². The van der Waals surface area contributed by atoms with Crippen molar-refractivity contribution in [1.82, 2.24) is 5.32 Å². The van der Waals surface area contributed by atoms with E-state index >= 15 is 0 Å². The number of benzene rings is 1. The van der Waals surface area contributed by atoms with Gasteiger partial charge in [-0.1, -0.05) is 26.0 Å². The second-order valence-electron chi connectivity index (χ2n) is 5.79. The van der Waals surface area contributed by atoms with Gasteiger partial charge in [-0.05, 0) is 36.5 Å². The normalized spacial score (nSPS) is 11.2. The van der Waals surface area contributed by atoms with Crippen molar-refractivity contribution in [2.45, 2.75) is 33.6 Å². The number of nitrogens with one attached hydrogen (secondary N) is 1. The molecule has 0 aromatic heterocycles. The van der Waals surface area contributed by atoms with Crippen molar-refractivity contribution in [1.29, 1.82) is 0 Å². The van der Waals surface area contributed by atoms with Crippen molar-refractivity contribution in [3.05, 3.63) is 29.8 Å². The van der Waals surface area contributed by atoms with Crippen LogP contribution < -0.4 is 10.1 Å². The van der Waals surface area contributed by atoms with Gasteiger partial charge in [0, 0.05) is 12.4 Å². The third kappa shape index (κ3) is 6.80. The van der Waals surface area contributed by atoms with Crippen molar-refractivity contribution < 1.29 is 9.53 Å². The molecule has 0 bridgehead atoms. The Morgan fingerprint density at radius 1 is 1.40 bits per heavy atom. The average molecular weight is 298 g/mol. The summed E-state index contributed by atoms with van der Waals surface area (Å²) in [6, 6.07) is 7.81. The average Bonchev–Trinajstić information content (AvgIpc) is 2.37. The monoisotopic (exact) mass is 297 g/mol. The third-order valence-electron chi connectivity index (χ3n) is 3.12. The van der Waals surface area contributed by atoms with Crippen LogP contribution in [0.4, 0.5) is 0 Å². The Labute approximate surface area is 126 Å². The third-order valence-corrected chi connectivity index (χ3v) is 3.31. The van der Waals surface area contributed by atoms with Crippen LogP contribution in [0.2, 0.25) is 0 Å². The van der Waals surface area contributed by atoms with Gasteiger partial charge in [-0.15, -0.1) is 11.6 Å². The minimum absolute atomic E-state index is 0.0142. The van der Waals surface area contributed by atoms with Gasteiger partial charge in [-0.25, -0.2) is 0 Å². The van der Waals surface area contributed by atoms with E-state index in [1.165, 1.54) is 0 Å². The molecule has 0 aliphatic heterocycles. The number of amides is 1. The highest BCUT2D eigenvalue weighted by Crippen LogP contribution is 2.19. The van der Waals surface area contributed by atoms with E-state index in [2.05, 4.69) is 19.2 Å².